The first-order valence-electron chi connectivity index (χ1n) is 9.50. The molecule has 30 heavy (non-hydrogen) atoms. The number of anilines is 1. The molecule has 4 rings (SSSR count). The van der Waals surface area contributed by atoms with Gasteiger partial charge in [0.15, 0.2) is 0 Å². The highest BCUT2D eigenvalue weighted by molar-refractivity contribution is 6.32. The standard InChI is InChI=1S/C23H19ClFN3O2/c1-4-28-11-17(22(29)15-6-7-18(24)13(3)21(15)28)23(30)27-20-9-12(2)26-19-8-5-14(25)10-16(19)20/h5-11H,4H2,1-3H3,(H,26,27,30). The normalized spacial score (nSPS) is 11.2. The van der Waals surface area contributed by atoms with Crippen LogP contribution in [0.1, 0.15) is 28.5 Å². The highest BCUT2D eigenvalue weighted by Gasteiger charge is 2.18. The summed E-state index contributed by atoms with van der Waals surface area (Å²) in [5.41, 5.74) is 2.74. The van der Waals surface area contributed by atoms with E-state index in [0.29, 0.717) is 44.8 Å². The molecule has 1 amide bonds. The molecule has 0 atom stereocenters. The van der Waals surface area contributed by atoms with Gasteiger partial charge in [0.25, 0.3) is 5.91 Å². The largest absolute Gasteiger partial charge is 0.346 e. The summed E-state index contributed by atoms with van der Waals surface area (Å²) in [5, 5.41) is 4.21. The molecule has 152 valence electrons. The minimum atomic E-state index is -0.562. The molecule has 0 spiro atoms. The molecule has 0 fully saturated rings. The number of nitrogens with one attached hydrogen (secondary N) is 1. The lowest BCUT2D eigenvalue weighted by Crippen LogP contribution is -2.24. The summed E-state index contributed by atoms with van der Waals surface area (Å²) < 4.78 is 15.6. The van der Waals surface area contributed by atoms with Gasteiger partial charge in [-0.2, -0.15) is 0 Å². The number of nitrogens with zero attached hydrogens (tertiary/aromatic N) is 2. The lowest BCUT2D eigenvalue weighted by Gasteiger charge is -2.15. The maximum atomic E-state index is 13.8. The fraction of sp³-hybridized carbons (Fsp3) is 0.174. The van der Waals surface area contributed by atoms with E-state index in [0.717, 1.165) is 5.56 Å². The van der Waals surface area contributed by atoms with Crippen molar-refractivity contribution in [1.29, 1.82) is 0 Å². The third-order valence-electron chi connectivity index (χ3n) is 5.16. The molecular formula is C23H19ClFN3O2. The number of hydrogen-bond acceptors (Lipinski definition) is 3. The van der Waals surface area contributed by atoms with Crippen molar-refractivity contribution in [3.8, 4) is 0 Å². The van der Waals surface area contributed by atoms with Gasteiger partial charge < -0.3 is 9.88 Å². The van der Waals surface area contributed by atoms with Crippen molar-refractivity contribution in [2.75, 3.05) is 5.32 Å². The van der Waals surface area contributed by atoms with E-state index < -0.39 is 11.7 Å². The summed E-state index contributed by atoms with van der Waals surface area (Å²) in [6.07, 6.45) is 1.54. The third kappa shape index (κ3) is 3.33. The first-order chi connectivity index (χ1) is 14.3. The molecule has 2 heterocycles. The Kier molecular flexibility index (Phi) is 5.03. The van der Waals surface area contributed by atoms with E-state index in [2.05, 4.69) is 10.3 Å². The zero-order valence-electron chi connectivity index (χ0n) is 16.7. The SMILES string of the molecule is CCn1cc(C(=O)Nc2cc(C)nc3ccc(F)cc23)c(=O)c2ccc(Cl)c(C)c21. The van der Waals surface area contributed by atoms with Crippen molar-refractivity contribution in [1.82, 2.24) is 9.55 Å². The van der Waals surface area contributed by atoms with Gasteiger partial charge in [0.2, 0.25) is 5.43 Å². The van der Waals surface area contributed by atoms with Gasteiger partial charge >= 0.3 is 0 Å². The van der Waals surface area contributed by atoms with Crippen LogP contribution in [0.3, 0.4) is 0 Å². The summed E-state index contributed by atoms with van der Waals surface area (Å²) in [6.45, 7) is 6.11. The van der Waals surface area contributed by atoms with Gasteiger partial charge in [0.05, 0.1) is 16.7 Å². The highest BCUT2D eigenvalue weighted by Crippen LogP contribution is 2.26. The van der Waals surface area contributed by atoms with Crippen LogP contribution in [0, 0.1) is 19.7 Å². The lowest BCUT2D eigenvalue weighted by atomic mass is 10.1. The molecule has 0 aliphatic carbocycles. The molecule has 0 bridgehead atoms. The van der Waals surface area contributed by atoms with Crippen LogP contribution in [-0.2, 0) is 6.54 Å². The molecule has 0 aliphatic rings. The zero-order chi connectivity index (χ0) is 21.6. The number of fused-ring (bicyclic) bond motifs is 2. The summed E-state index contributed by atoms with van der Waals surface area (Å²) in [5.74, 6) is -0.997. The summed E-state index contributed by atoms with van der Waals surface area (Å²) >= 11 is 6.23. The van der Waals surface area contributed by atoms with Gasteiger partial charge in [-0.25, -0.2) is 4.39 Å². The van der Waals surface area contributed by atoms with Gasteiger partial charge in [-0.3, -0.25) is 14.6 Å². The Bertz CT molecular complexity index is 1400. The number of pyridine rings is 2. The van der Waals surface area contributed by atoms with Crippen molar-refractivity contribution >= 4 is 45.0 Å². The van der Waals surface area contributed by atoms with Gasteiger partial charge in [-0.15, -0.1) is 0 Å². The summed E-state index contributed by atoms with van der Waals surface area (Å²) in [6, 6.07) is 9.13. The minimum absolute atomic E-state index is 0.00471. The van der Waals surface area contributed by atoms with Gasteiger partial charge in [-0.1, -0.05) is 11.6 Å². The van der Waals surface area contributed by atoms with Crippen molar-refractivity contribution in [2.24, 2.45) is 0 Å². The molecule has 0 saturated carbocycles. The number of carbonyl (C=O) groups is 1. The molecule has 7 heteroatoms. The quantitative estimate of drug-likeness (QED) is 0.490. The van der Waals surface area contributed by atoms with Crippen LogP contribution >= 0.6 is 11.6 Å². The fourth-order valence-corrected chi connectivity index (χ4v) is 3.84. The monoisotopic (exact) mass is 423 g/mol. The first kappa shape index (κ1) is 20.0. The maximum absolute atomic E-state index is 13.8. The summed E-state index contributed by atoms with van der Waals surface area (Å²) in [7, 11) is 0. The zero-order valence-corrected chi connectivity index (χ0v) is 17.5. The molecule has 2 aromatic heterocycles. The third-order valence-corrected chi connectivity index (χ3v) is 5.57. The molecule has 0 aliphatic heterocycles. The van der Waals surface area contributed by atoms with E-state index in [9.17, 15) is 14.0 Å². The molecular weight excluding hydrogens is 405 g/mol. The number of benzene rings is 2. The number of carbonyl (C=O) groups excluding carboxylic acids is 1. The van der Waals surface area contributed by atoms with E-state index in [1.165, 1.54) is 12.1 Å². The van der Waals surface area contributed by atoms with Crippen molar-refractivity contribution in [3.63, 3.8) is 0 Å². The molecule has 1 N–H and O–H groups in total. The Labute approximate surface area is 177 Å². The predicted octanol–water partition coefficient (Wildman–Crippen LogP) is 5.23. The van der Waals surface area contributed by atoms with Crippen molar-refractivity contribution in [2.45, 2.75) is 27.3 Å². The number of amides is 1. The van der Waals surface area contributed by atoms with Crippen LogP contribution in [0.5, 0.6) is 0 Å². The summed E-state index contributed by atoms with van der Waals surface area (Å²) in [4.78, 5) is 30.5. The lowest BCUT2D eigenvalue weighted by molar-refractivity contribution is 0.102. The van der Waals surface area contributed by atoms with Crippen LogP contribution in [0.2, 0.25) is 5.02 Å². The minimum Gasteiger partial charge on any atom is -0.346 e. The highest BCUT2D eigenvalue weighted by atomic mass is 35.5. The van der Waals surface area contributed by atoms with Crippen LogP contribution in [0.25, 0.3) is 21.8 Å². The van der Waals surface area contributed by atoms with E-state index in [-0.39, 0.29) is 11.0 Å². The number of halogens is 2. The fourth-order valence-electron chi connectivity index (χ4n) is 3.69. The van der Waals surface area contributed by atoms with E-state index in [4.69, 9.17) is 11.6 Å². The first-order valence-corrected chi connectivity index (χ1v) is 9.88. The number of aryl methyl sites for hydroxylation is 3. The van der Waals surface area contributed by atoms with E-state index in [1.807, 2.05) is 18.4 Å². The molecule has 0 saturated heterocycles. The average molecular weight is 424 g/mol. The predicted molar refractivity (Wildman–Crippen MR) is 118 cm³/mol. The van der Waals surface area contributed by atoms with E-state index in [1.54, 1.807) is 37.4 Å². The smallest absolute Gasteiger partial charge is 0.261 e. The second kappa shape index (κ2) is 7.54. The van der Waals surface area contributed by atoms with Crippen molar-refractivity contribution < 1.29 is 9.18 Å². The Morgan fingerprint density at radius 2 is 1.93 bits per heavy atom. The van der Waals surface area contributed by atoms with Crippen LogP contribution in [-0.4, -0.2) is 15.5 Å². The number of hydrogen-bond donors (Lipinski definition) is 1. The van der Waals surface area contributed by atoms with Crippen molar-refractivity contribution in [3.05, 3.63) is 80.5 Å². The Morgan fingerprint density at radius 3 is 2.67 bits per heavy atom. The molecule has 0 radical (unpaired) electrons. The van der Waals surface area contributed by atoms with Crippen LogP contribution in [0.15, 0.2) is 47.4 Å². The topological polar surface area (TPSA) is 64.0 Å². The maximum Gasteiger partial charge on any atom is 0.261 e. The van der Waals surface area contributed by atoms with Gasteiger partial charge in [0.1, 0.15) is 11.4 Å². The number of rotatable bonds is 3. The average Bonchev–Trinajstić information content (AvgIpc) is 2.71. The molecule has 0 unspecified atom stereocenters. The van der Waals surface area contributed by atoms with Crippen LogP contribution < -0.4 is 10.7 Å². The molecule has 5 nitrogen and oxygen atoms in total. The van der Waals surface area contributed by atoms with Gasteiger partial charge in [0, 0.05) is 34.2 Å². The Morgan fingerprint density at radius 1 is 1.17 bits per heavy atom. The Hall–Kier alpha value is -3.25. The molecule has 4 aromatic rings. The van der Waals surface area contributed by atoms with E-state index >= 15 is 0 Å². The number of aromatic nitrogens is 2. The molecule has 2 aromatic carbocycles. The van der Waals surface area contributed by atoms with Crippen LogP contribution in [0.4, 0.5) is 10.1 Å². The Balaban J connectivity index is 1.87. The second-order valence-electron chi connectivity index (χ2n) is 7.15. The van der Waals surface area contributed by atoms with Gasteiger partial charge in [-0.05, 0) is 62.7 Å². The second-order valence-corrected chi connectivity index (χ2v) is 7.56.